The van der Waals surface area contributed by atoms with Gasteiger partial charge >= 0.3 is 0 Å². The Bertz CT molecular complexity index is 1080. The first-order valence-corrected chi connectivity index (χ1v) is 9.99. The molecule has 0 aliphatic carbocycles. The number of carbonyl (C=O) groups is 1. The Morgan fingerprint density at radius 2 is 2.00 bits per heavy atom. The van der Waals surface area contributed by atoms with Crippen molar-refractivity contribution in [3.8, 4) is 16.9 Å². The highest BCUT2D eigenvalue weighted by atomic mass is 16.2. The maximum atomic E-state index is 12.8. The Kier molecular flexibility index (Phi) is 5.41. The number of H-pyrrole nitrogens is 1. The number of nitrogens with zero attached hydrogens (tertiary/aromatic N) is 4. The van der Waals surface area contributed by atoms with E-state index < -0.39 is 0 Å². The van der Waals surface area contributed by atoms with Crippen LogP contribution in [0.5, 0.6) is 0 Å². The zero-order valence-corrected chi connectivity index (χ0v) is 17.2. The minimum Gasteiger partial charge on any atom is -0.399 e. The number of hydrogen-bond donors (Lipinski definition) is 2. The summed E-state index contributed by atoms with van der Waals surface area (Å²) in [5.41, 5.74) is 7.98. The molecule has 0 bridgehead atoms. The van der Waals surface area contributed by atoms with E-state index in [9.17, 15) is 9.59 Å². The number of aromatic amines is 1. The van der Waals surface area contributed by atoms with Gasteiger partial charge in [-0.15, -0.1) is 0 Å². The monoisotopic (exact) mass is 406 g/mol. The number of benzene rings is 1. The van der Waals surface area contributed by atoms with Crippen molar-refractivity contribution in [3.05, 3.63) is 64.7 Å². The summed E-state index contributed by atoms with van der Waals surface area (Å²) in [6.07, 6.45) is 4.19. The lowest BCUT2D eigenvalue weighted by molar-refractivity contribution is 0.0784. The summed E-state index contributed by atoms with van der Waals surface area (Å²) in [6, 6.07) is 10.5. The summed E-state index contributed by atoms with van der Waals surface area (Å²) in [6.45, 7) is 2.51. The van der Waals surface area contributed by atoms with E-state index >= 15 is 0 Å². The smallest absolute Gasteiger partial charge is 0.280 e. The molecule has 1 fully saturated rings. The second-order valence-electron chi connectivity index (χ2n) is 8.02. The zero-order chi connectivity index (χ0) is 21.3. The van der Waals surface area contributed by atoms with E-state index in [1.54, 1.807) is 42.6 Å². The number of hydrogen-bond acceptors (Lipinski definition) is 5. The molecule has 1 amide bonds. The normalized spacial score (nSPS) is 16.4. The molecule has 30 heavy (non-hydrogen) atoms. The summed E-state index contributed by atoms with van der Waals surface area (Å²) in [4.78, 5) is 34.0. The van der Waals surface area contributed by atoms with Crippen LogP contribution in [0, 0.1) is 5.92 Å². The van der Waals surface area contributed by atoms with Gasteiger partial charge in [-0.1, -0.05) is 12.1 Å². The van der Waals surface area contributed by atoms with Crippen molar-refractivity contribution in [1.29, 1.82) is 0 Å². The number of anilines is 1. The average molecular weight is 406 g/mol. The highest BCUT2D eigenvalue weighted by molar-refractivity contribution is 5.94. The first kappa shape index (κ1) is 19.9. The number of nitrogen functional groups attached to an aromatic ring is 1. The molecule has 0 spiro atoms. The lowest BCUT2D eigenvalue weighted by Gasteiger charge is -2.18. The molecule has 1 saturated heterocycles. The van der Waals surface area contributed by atoms with Crippen LogP contribution in [0.3, 0.4) is 0 Å². The summed E-state index contributed by atoms with van der Waals surface area (Å²) >= 11 is 0. The maximum absolute atomic E-state index is 12.8. The highest BCUT2D eigenvalue weighted by Crippen LogP contribution is 2.20. The molecule has 0 saturated carbocycles. The van der Waals surface area contributed by atoms with Gasteiger partial charge in [-0.2, -0.15) is 0 Å². The predicted octanol–water partition coefficient (Wildman–Crippen LogP) is 1.83. The van der Waals surface area contributed by atoms with Gasteiger partial charge in [0.25, 0.3) is 11.5 Å². The van der Waals surface area contributed by atoms with Crippen molar-refractivity contribution < 1.29 is 4.79 Å². The molecule has 1 aliphatic heterocycles. The molecular weight excluding hydrogens is 380 g/mol. The Hall–Kier alpha value is -3.39. The Morgan fingerprint density at radius 1 is 1.23 bits per heavy atom. The molecule has 8 heteroatoms. The minimum atomic E-state index is -0.211. The molecule has 3 aromatic rings. The Labute approximate surface area is 174 Å². The van der Waals surface area contributed by atoms with Crippen molar-refractivity contribution in [2.45, 2.75) is 6.42 Å². The molecular formula is C22H26N6O2. The SMILES string of the molecule is CN(C)CC1CCN(C(=O)c2ccc(-n3[nH]cc(-c4ccc(N)cc4)c3=O)nc2)C1. The molecule has 1 unspecified atom stereocenters. The van der Waals surface area contributed by atoms with Gasteiger partial charge in [0.1, 0.15) is 0 Å². The third kappa shape index (κ3) is 3.99. The fourth-order valence-electron chi connectivity index (χ4n) is 3.92. The highest BCUT2D eigenvalue weighted by Gasteiger charge is 2.27. The lowest BCUT2D eigenvalue weighted by Crippen LogP contribution is -2.30. The van der Waals surface area contributed by atoms with Crippen molar-refractivity contribution in [1.82, 2.24) is 24.6 Å². The molecule has 1 aliphatic rings. The number of likely N-dealkylation sites (tertiary alicyclic amines) is 1. The molecule has 3 N–H and O–H groups in total. The van der Waals surface area contributed by atoms with Gasteiger partial charge in [0.05, 0.1) is 11.1 Å². The third-order valence-electron chi connectivity index (χ3n) is 5.41. The third-order valence-corrected chi connectivity index (χ3v) is 5.41. The number of pyridine rings is 1. The Balaban J connectivity index is 1.50. The second kappa shape index (κ2) is 8.16. The molecule has 1 atom stereocenters. The first-order chi connectivity index (χ1) is 14.4. The van der Waals surface area contributed by atoms with Crippen LogP contribution in [-0.4, -0.2) is 64.2 Å². The molecule has 8 nitrogen and oxygen atoms in total. The van der Waals surface area contributed by atoms with Gasteiger partial charge in [0.2, 0.25) is 0 Å². The number of amides is 1. The van der Waals surface area contributed by atoms with Gasteiger partial charge in [-0.05, 0) is 56.3 Å². The van der Waals surface area contributed by atoms with Gasteiger partial charge in [-0.3, -0.25) is 14.7 Å². The largest absolute Gasteiger partial charge is 0.399 e. The number of carbonyl (C=O) groups excluding carboxylic acids is 1. The quantitative estimate of drug-likeness (QED) is 0.630. The van der Waals surface area contributed by atoms with E-state index in [1.807, 2.05) is 19.0 Å². The number of nitrogens with two attached hydrogens (primary N) is 1. The van der Waals surface area contributed by atoms with E-state index in [1.165, 1.54) is 10.9 Å². The maximum Gasteiger partial charge on any atom is 0.280 e. The van der Waals surface area contributed by atoms with Gasteiger partial charge in [-0.25, -0.2) is 9.67 Å². The predicted molar refractivity (Wildman–Crippen MR) is 117 cm³/mol. The summed E-state index contributed by atoms with van der Waals surface area (Å²) in [7, 11) is 4.10. The summed E-state index contributed by atoms with van der Waals surface area (Å²) < 4.78 is 1.36. The van der Waals surface area contributed by atoms with E-state index in [0.717, 1.165) is 31.6 Å². The molecule has 156 valence electrons. The fourth-order valence-corrected chi connectivity index (χ4v) is 3.92. The summed E-state index contributed by atoms with van der Waals surface area (Å²) in [5.74, 6) is 0.919. The van der Waals surface area contributed by atoms with Crippen LogP contribution in [-0.2, 0) is 0 Å². The second-order valence-corrected chi connectivity index (χ2v) is 8.02. The average Bonchev–Trinajstić information content (AvgIpc) is 3.34. The molecule has 1 aromatic carbocycles. The van der Waals surface area contributed by atoms with Crippen LogP contribution in [0.1, 0.15) is 16.8 Å². The van der Waals surface area contributed by atoms with E-state index in [2.05, 4.69) is 15.0 Å². The van der Waals surface area contributed by atoms with Crippen LogP contribution in [0.25, 0.3) is 16.9 Å². The molecule has 2 aromatic heterocycles. The van der Waals surface area contributed by atoms with Crippen molar-refractivity contribution >= 4 is 11.6 Å². The number of rotatable bonds is 5. The fraction of sp³-hybridized carbons (Fsp3) is 0.318. The van der Waals surface area contributed by atoms with Crippen LogP contribution in [0.4, 0.5) is 5.69 Å². The zero-order valence-electron chi connectivity index (χ0n) is 17.2. The van der Waals surface area contributed by atoms with E-state index in [4.69, 9.17) is 5.73 Å². The van der Waals surface area contributed by atoms with Crippen LogP contribution in [0.15, 0.2) is 53.6 Å². The van der Waals surface area contributed by atoms with E-state index in [0.29, 0.717) is 28.6 Å². The first-order valence-electron chi connectivity index (χ1n) is 9.99. The standard InChI is InChI=1S/C22H26N6O2/c1-26(2)13-15-9-10-27(14-15)21(29)17-5-8-20(24-11-17)28-22(30)19(12-25-28)16-3-6-18(23)7-4-16/h3-8,11-12,15,25H,9-10,13-14,23H2,1-2H3. The van der Waals surface area contributed by atoms with Gasteiger partial charge < -0.3 is 15.5 Å². The van der Waals surface area contributed by atoms with Crippen molar-refractivity contribution in [2.75, 3.05) is 39.5 Å². The van der Waals surface area contributed by atoms with Gasteiger partial charge in [0, 0.05) is 37.7 Å². The lowest BCUT2D eigenvalue weighted by atomic mass is 10.1. The van der Waals surface area contributed by atoms with Crippen molar-refractivity contribution in [2.24, 2.45) is 5.92 Å². The molecule has 0 radical (unpaired) electrons. The van der Waals surface area contributed by atoms with Crippen LogP contribution in [0.2, 0.25) is 0 Å². The van der Waals surface area contributed by atoms with Crippen LogP contribution >= 0.6 is 0 Å². The molecule has 4 rings (SSSR count). The van der Waals surface area contributed by atoms with E-state index in [-0.39, 0.29) is 11.5 Å². The van der Waals surface area contributed by atoms with Crippen molar-refractivity contribution in [3.63, 3.8) is 0 Å². The Morgan fingerprint density at radius 3 is 2.67 bits per heavy atom. The number of nitrogens with one attached hydrogen (secondary N) is 1. The summed E-state index contributed by atoms with van der Waals surface area (Å²) in [5, 5.41) is 2.94. The van der Waals surface area contributed by atoms with Crippen LogP contribution < -0.4 is 11.3 Å². The van der Waals surface area contributed by atoms with Gasteiger partial charge in [0.15, 0.2) is 5.82 Å². The topological polar surface area (TPSA) is 100 Å². The number of aromatic nitrogens is 3. The minimum absolute atomic E-state index is 0.0169. The molecule has 3 heterocycles.